The first-order valence-electron chi connectivity index (χ1n) is 2.80. The van der Waals surface area contributed by atoms with E-state index < -0.39 is 6.03 Å². The van der Waals surface area contributed by atoms with E-state index in [0.29, 0.717) is 0 Å². The van der Waals surface area contributed by atoms with Crippen LogP contribution in [0.5, 0.6) is 0 Å². The van der Waals surface area contributed by atoms with Crippen LogP contribution in [0.3, 0.4) is 0 Å². The fraction of sp³-hybridized carbons (Fsp3) is 0.333. The summed E-state index contributed by atoms with van der Waals surface area (Å²) in [6.07, 6.45) is 0. The number of ketones is 1. The normalized spacial score (nSPS) is 18.6. The highest BCUT2D eigenvalue weighted by Gasteiger charge is 2.17. The van der Waals surface area contributed by atoms with Gasteiger partial charge in [0.2, 0.25) is 5.78 Å². The molecule has 2 amide bonds. The first-order chi connectivity index (χ1) is 4.61. The Balaban J connectivity index is 3.05. The van der Waals surface area contributed by atoms with Crippen LogP contribution in [0.25, 0.3) is 0 Å². The minimum atomic E-state index is -0.588. The van der Waals surface area contributed by atoms with E-state index in [9.17, 15) is 9.59 Å². The number of carbonyl (C=O) groups is 2. The van der Waals surface area contributed by atoms with Crippen molar-refractivity contribution in [3.63, 3.8) is 0 Å². The molecule has 1 aliphatic rings. The molecule has 4 heteroatoms. The zero-order valence-corrected chi connectivity index (χ0v) is 5.71. The maximum atomic E-state index is 10.9. The lowest BCUT2D eigenvalue weighted by Gasteiger charge is -2.01. The van der Waals surface area contributed by atoms with Gasteiger partial charge >= 0.3 is 6.03 Å². The summed E-state index contributed by atoms with van der Waals surface area (Å²) in [5.74, 6) is -0.250. The Hall–Kier alpha value is -1.32. The summed E-state index contributed by atoms with van der Waals surface area (Å²) in [6, 6.07) is -0.588. The van der Waals surface area contributed by atoms with Gasteiger partial charge in [-0.2, -0.15) is 9.98 Å². The summed E-state index contributed by atoms with van der Waals surface area (Å²) in [5, 5.41) is 0. The Labute approximate surface area is 57.7 Å². The first kappa shape index (κ1) is 6.80. The Kier molecular flexibility index (Phi) is 1.45. The van der Waals surface area contributed by atoms with Crippen LogP contribution in [0.15, 0.2) is 9.98 Å². The van der Waals surface area contributed by atoms with Gasteiger partial charge in [-0.3, -0.25) is 4.79 Å². The highest BCUT2D eigenvalue weighted by atomic mass is 16.2. The molecular formula is C6H6N2O2. The Morgan fingerprint density at radius 3 is 1.80 bits per heavy atom. The van der Waals surface area contributed by atoms with Crippen LogP contribution < -0.4 is 0 Å². The summed E-state index contributed by atoms with van der Waals surface area (Å²) in [4.78, 5) is 28.1. The molecule has 0 aromatic heterocycles. The van der Waals surface area contributed by atoms with E-state index in [1.807, 2.05) is 0 Å². The minimum absolute atomic E-state index is 0.220. The molecule has 4 nitrogen and oxygen atoms in total. The highest BCUT2D eigenvalue weighted by Crippen LogP contribution is 1.97. The molecule has 1 rings (SSSR count). The van der Waals surface area contributed by atoms with Crippen LogP contribution in [-0.2, 0) is 4.79 Å². The van der Waals surface area contributed by atoms with Crippen LogP contribution in [0, 0.1) is 0 Å². The van der Waals surface area contributed by atoms with E-state index in [1.165, 1.54) is 13.8 Å². The lowest BCUT2D eigenvalue weighted by molar-refractivity contribution is -0.107. The zero-order chi connectivity index (χ0) is 7.72. The monoisotopic (exact) mass is 138 g/mol. The van der Waals surface area contributed by atoms with Gasteiger partial charge < -0.3 is 0 Å². The van der Waals surface area contributed by atoms with Crippen LogP contribution in [0.2, 0.25) is 0 Å². The van der Waals surface area contributed by atoms with Crippen molar-refractivity contribution in [3.8, 4) is 0 Å². The predicted octanol–water partition coefficient (Wildman–Crippen LogP) is 0.611. The molecule has 0 aliphatic carbocycles. The summed E-state index contributed by atoms with van der Waals surface area (Å²) in [6.45, 7) is 3.00. The van der Waals surface area contributed by atoms with E-state index in [1.54, 1.807) is 0 Å². The van der Waals surface area contributed by atoms with Gasteiger partial charge in [-0.15, -0.1) is 0 Å². The minimum Gasteiger partial charge on any atom is -0.286 e. The maximum Gasteiger partial charge on any atom is 0.367 e. The topological polar surface area (TPSA) is 58.9 Å². The second kappa shape index (κ2) is 2.13. The van der Waals surface area contributed by atoms with E-state index in [4.69, 9.17) is 0 Å². The van der Waals surface area contributed by atoms with Crippen molar-refractivity contribution in [3.05, 3.63) is 0 Å². The van der Waals surface area contributed by atoms with Crippen molar-refractivity contribution < 1.29 is 9.59 Å². The van der Waals surface area contributed by atoms with E-state index in [2.05, 4.69) is 9.98 Å². The number of hydrogen-bond acceptors (Lipinski definition) is 2. The fourth-order valence-electron chi connectivity index (χ4n) is 0.675. The molecular weight excluding hydrogens is 132 g/mol. The van der Waals surface area contributed by atoms with E-state index in [-0.39, 0.29) is 17.2 Å². The van der Waals surface area contributed by atoms with Crippen molar-refractivity contribution >= 4 is 23.2 Å². The van der Waals surface area contributed by atoms with Gasteiger partial charge in [0, 0.05) is 0 Å². The lowest BCUT2D eigenvalue weighted by atomic mass is 10.2. The molecule has 0 bridgehead atoms. The molecule has 52 valence electrons. The van der Waals surface area contributed by atoms with Crippen molar-refractivity contribution in [2.45, 2.75) is 13.8 Å². The Morgan fingerprint density at radius 2 is 1.40 bits per heavy atom. The molecule has 0 N–H and O–H groups in total. The van der Waals surface area contributed by atoms with Gasteiger partial charge in [0.05, 0.1) is 11.4 Å². The number of amides is 2. The van der Waals surface area contributed by atoms with Crippen LogP contribution in [-0.4, -0.2) is 23.2 Å². The van der Waals surface area contributed by atoms with Crippen molar-refractivity contribution in [2.75, 3.05) is 0 Å². The molecule has 0 radical (unpaired) electrons. The number of Topliss-reactive ketones (excluding diaryl/α,β-unsaturated/α-hetero) is 1. The molecule has 1 aliphatic heterocycles. The highest BCUT2D eigenvalue weighted by molar-refractivity contribution is 6.67. The average Bonchev–Trinajstić information content (AvgIpc) is 1.82. The first-order valence-corrected chi connectivity index (χ1v) is 2.80. The smallest absolute Gasteiger partial charge is 0.286 e. The molecule has 10 heavy (non-hydrogen) atoms. The second-order valence-electron chi connectivity index (χ2n) is 2.01. The molecule has 0 unspecified atom stereocenters. The molecule has 0 spiro atoms. The molecule has 0 fully saturated rings. The van der Waals surface area contributed by atoms with Crippen molar-refractivity contribution in [1.29, 1.82) is 0 Å². The zero-order valence-electron chi connectivity index (χ0n) is 5.71. The van der Waals surface area contributed by atoms with Gasteiger partial charge in [-0.05, 0) is 13.8 Å². The summed E-state index contributed by atoms with van der Waals surface area (Å²) in [7, 11) is 0. The van der Waals surface area contributed by atoms with Gasteiger partial charge in [0.1, 0.15) is 0 Å². The van der Waals surface area contributed by atoms with Crippen molar-refractivity contribution in [1.82, 2.24) is 0 Å². The molecule has 0 aromatic carbocycles. The number of aliphatic imine (C=N–C) groups is 2. The van der Waals surface area contributed by atoms with Gasteiger partial charge in [0.15, 0.2) is 0 Å². The number of nitrogens with zero attached hydrogens (tertiary/aromatic N) is 2. The van der Waals surface area contributed by atoms with Crippen LogP contribution in [0.4, 0.5) is 4.79 Å². The molecule has 0 saturated carbocycles. The van der Waals surface area contributed by atoms with Gasteiger partial charge in [-0.25, -0.2) is 4.79 Å². The van der Waals surface area contributed by atoms with Crippen LogP contribution in [0.1, 0.15) is 13.8 Å². The Morgan fingerprint density at radius 1 is 1.00 bits per heavy atom. The molecule has 0 atom stereocenters. The molecule has 0 saturated heterocycles. The maximum absolute atomic E-state index is 10.9. The standard InChI is InChI=1S/C6H6N2O2/c1-3-5(9)4(2)8-6(10)7-3/h1-2H3. The van der Waals surface area contributed by atoms with Gasteiger partial charge in [-0.1, -0.05) is 0 Å². The fourth-order valence-corrected chi connectivity index (χ4v) is 0.675. The lowest BCUT2D eigenvalue weighted by Crippen LogP contribution is -2.24. The number of carbonyl (C=O) groups excluding carboxylic acids is 2. The third-order valence-corrected chi connectivity index (χ3v) is 1.18. The van der Waals surface area contributed by atoms with Crippen molar-refractivity contribution in [2.24, 2.45) is 9.98 Å². The molecule has 0 aromatic rings. The summed E-state index contributed by atoms with van der Waals surface area (Å²) in [5.41, 5.74) is 0.440. The van der Waals surface area contributed by atoms with Gasteiger partial charge in [0.25, 0.3) is 0 Å². The average molecular weight is 138 g/mol. The Bertz CT molecular complexity index is 239. The summed E-state index contributed by atoms with van der Waals surface area (Å²) < 4.78 is 0. The number of rotatable bonds is 0. The summed E-state index contributed by atoms with van der Waals surface area (Å²) >= 11 is 0. The molecule has 1 heterocycles. The van der Waals surface area contributed by atoms with E-state index in [0.717, 1.165) is 0 Å². The quantitative estimate of drug-likeness (QED) is 0.492. The number of urea groups is 1. The second-order valence-corrected chi connectivity index (χ2v) is 2.01. The number of hydrogen-bond donors (Lipinski definition) is 0. The predicted molar refractivity (Wildman–Crippen MR) is 36.6 cm³/mol. The third kappa shape index (κ3) is 1.00. The largest absolute Gasteiger partial charge is 0.367 e. The third-order valence-electron chi connectivity index (χ3n) is 1.18. The van der Waals surface area contributed by atoms with Crippen LogP contribution >= 0.6 is 0 Å². The SMILES string of the molecule is CC1=NC(=O)N=C(C)C1=O. The van der Waals surface area contributed by atoms with E-state index >= 15 is 0 Å².